The third kappa shape index (κ3) is 4.49. The maximum atomic E-state index is 12.7. The van der Waals surface area contributed by atoms with Crippen molar-refractivity contribution in [1.82, 2.24) is 24.5 Å². The highest BCUT2D eigenvalue weighted by molar-refractivity contribution is 7.99. The predicted molar refractivity (Wildman–Crippen MR) is 129 cm³/mol. The molecule has 34 heavy (non-hydrogen) atoms. The molecule has 0 bridgehead atoms. The molecule has 1 N–H and O–H groups in total. The zero-order chi connectivity index (χ0) is 23.7. The van der Waals surface area contributed by atoms with Crippen molar-refractivity contribution in [3.8, 4) is 17.2 Å². The number of aromatic nitrogens is 5. The first-order chi connectivity index (χ1) is 16.5. The molecule has 5 rings (SSSR count). The summed E-state index contributed by atoms with van der Waals surface area (Å²) in [6.45, 7) is 4.27. The van der Waals surface area contributed by atoms with Crippen molar-refractivity contribution in [1.29, 1.82) is 0 Å². The number of carbonyl (C=O) groups is 1. The van der Waals surface area contributed by atoms with Crippen LogP contribution in [-0.4, -0.2) is 42.8 Å². The van der Waals surface area contributed by atoms with Crippen LogP contribution in [0.4, 0.5) is 5.82 Å². The lowest BCUT2D eigenvalue weighted by atomic mass is 10.2. The minimum atomic E-state index is -0.373. The summed E-state index contributed by atoms with van der Waals surface area (Å²) in [6.07, 6.45) is -0.373. The largest absolute Gasteiger partial charge is 0.485 e. The van der Waals surface area contributed by atoms with E-state index >= 15 is 0 Å². The van der Waals surface area contributed by atoms with Crippen LogP contribution in [-0.2, 0) is 11.8 Å². The Balaban J connectivity index is 1.23. The molecule has 174 valence electrons. The average molecular weight is 477 g/mol. The third-order valence-corrected chi connectivity index (χ3v) is 6.40. The Hall–Kier alpha value is -3.79. The van der Waals surface area contributed by atoms with E-state index in [1.165, 1.54) is 11.8 Å². The lowest BCUT2D eigenvalue weighted by molar-refractivity contribution is -0.113. The highest BCUT2D eigenvalue weighted by Gasteiger charge is 2.27. The zero-order valence-electron chi connectivity index (χ0n) is 19.1. The molecule has 2 aromatic carbocycles. The van der Waals surface area contributed by atoms with Gasteiger partial charge in [-0.1, -0.05) is 41.6 Å². The number of benzene rings is 2. The van der Waals surface area contributed by atoms with E-state index in [-0.39, 0.29) is 17.8 Å². The van der Waals surface area contributed by atoms with Crippen molar-refractivity contribution in [2.75, 3.05) is 17.7 Å². The molecule has 0 saturated heterocycles. The summed E-state index contributed by atoms with van der Waals surface area (Å²) in [5, 5.41) is 16.6. The lowest BCUT2D eigenvalue weighted by Crippen LogP contribution is -2.24. The Morgan fingerprint density at radius 2 is 1.88 bits per heavy atom. The number of nitrogens with one attached hydrogen (secondary N) is 1. The number of amides is 1. The first kappa shape index (κ1) is 22.0. The van der Waals surface area contributed by atoms with Gasteiger partial charge < -0.3 is 19.4 Å². The van der Waals surface area contributed by atoms with Gasteiger partial charge in [0.1, 0.15) is 12.4 Å². The van der Waals surface area contributed by atoms with Crippen LogP contribution in [0.25, 0.3) is 5.69 Å². The summed E-state index contributed by atoms with van der Waals surface area (Å²) in [4.78, 5) is 12.7. The summed E-state index contributed by atoms with van der Waals surface area (Å²) >= 11 is 1.31. The van der Waals surface area contributed by atoms with Gasteiger partial charge in [0.15, 0.2) is 28.6 Å². The van der Waals surface area contributed by atoms with Crippen molar-refractivity contribution in [3.05, 3.63) is 71.7 Å². The number of carbonyl (C=O) groups excluding carboxylic acids is 1. The number of thioether (sulfide) groups is 1. The monoisotopic (exact) mass is 476 g/mol. The van der Waals surface area contributed by atoms with Gasteiger partial charge in [-0.25, -0.2) is 4.68 Å². The van der Waals surface area contributed by atoms with E-state index in [4.69, 9.17) is 9.47 Å². The molecule has 1 amide bonds. The molecule has 1 aliphatic rings. The second-order valence-corrected chi connectivity index (χ2v) is 8.96. The summed E-state index contributed by atoms with van der Waals surface area (Å²) in [5.41, 5.74) is 2.86. The highest BCUT2D eigenvalue weighted by atomic mass is 32.2. The van der Waals surface area contributed by atoms with E-state index in [0.717, 1.165) is 16.9 Å². The number of hydrogen-bond acceptors (Lipinski definition) is 7. The predicted octanol–water partition coefficient (Wildman–Crippen LogP) is 3.86. The van der Waals surface area contributed by atoms with Crippen molar-refractivity contribution in [3.63, 3.8) is 0 Å². The first-order valence-electron chi connectivity index (χ1n) is 10.8. The topological polar surface area (TPSA) is 96.1 Å². The molecule has 1 atom stereocenters. The quantitative estimate of drug-likeness (QED) is 0.422. The Labute approximate surface area is 201 Å². The van der Waals surface area contributed by atoms with Gasteiger partial charge in [-0.2, -0.15) is 5.10 Å². The molecule has 0 saturated carbocycles. The van der Waals surface area contributed by atoms with E-state index in [1.54, 1.807) is 4.68 Å². The van der Waals surface area contributed by atoms with Gasteiger partial charge >= 0.3 is 0 Å². The molecule has 0 radical (unpaired) electrons. The van der Waals surface area contributed by atoms with Gasteiger partial charge in [-0.05, 0) is 38.1 Å². The number of para-hydroxylation sites is 2. The molecular formula is C24H24N6O3S. The van der Waals surface area contributed by atoms with Crippen molar-refractivity contribution in [2.45, 2.75) is 25.1 Å². The van der Waals surface area contributed by atoms with Gasteiger partial charge in [0.25, 0.3) is 0 Å². The molecule has 2 aromatic heterocycles. The van der Waals surface area contributed by atoms with Crippen LogP contribution in [0.15, 0.2) is 59.8 Å². The van der Waals surface area contributed by atoms with Gasteiger partial charge in [0.2, 0.25) is 5.91 Å². The molecule has 10 heteroatoms. The van der Waals surface area contributed by atoms with Crippen molar-refractivity contribution >= 4 is 23.5 Å². The number of ether oxygens (including phenoxy) is 2. The second-order valence-electron chi connectivity index (χ2n) is 8.02. The summed E-state index contributed by atoms with van der Waals surface area (Å²) in [5.74, 6) is 2.68. The van der Waals surface area contributed by atoms with E-state index in [2.05, 4.69) is 20.6 Å². The molecule has 1 aliphatic heterocycles. The van der Waals surface area contributed by atoms with E-state index in [9.17, 15) is 4.79 Å². The molecule has 0 unspecified atom stereocenters. The molecule has 0 aliphatic carbocycles. The van der Waals surface area contributed by atoms with Crippen molar-refractivity contribution in [2.24, 2.45) is 7.05 Å². The van der Waals surface area contributed by atoms with Crippen LogP contribution >= 0.6 is 11.8 Å². The Morgan fingerprint density at radius 3 is 2.68 bits per heavy atom. The van der Waals surface area contributed by atoms with Gasteiger partial charge in [-0.15, -0.1) is 10.2 Å². The fourth-order valence-electron chi connectivity index (χ4n) is 3.66. The first-order valence-corrected chi connectivity index (χ1v) is 11.8. The molecule has 3 heterocycles. The molecule has 0 spiro atoms. The Bertz CT molecular complexity index is 1330. The van der Waals surface area contributed by atoms with Crippen molar-refractivity contribution < 1.29 is 14.3 Å². The Kier molecular flexibility index (Phi) is 5.97. The third-order valence-electron chi connectivity index (χ3n) is 5.38. The van der Waals surface area contributed by atoms with E-state index in [0.29, 0.717) is 34.9 Å². The maximum absolute atomic E-state index is 12.7. The van der Waals surface area contributed by atoms with Gasteiger partial charge in [-0.3, -0.25) is 4.79 Å². The van der Waals surface area contributed by atoms with E-state index in [1.807, 2.05) is 80.1 Å². The fourth-order valence-corrected chi connectivity index (χ4v) is 4.38. The summed E-state index contributed by atoms with van der Waals surface area (Å²) in [7, 11) is 1.86. The second kappa shape index (κ2) is 9.22. The number of hydrogen-bond donors (Lipinski definition) is 1. The summed E-state index contributed by atoms with van der Waals surface area (Å²) < 4.78 is 15.4. The summed E-state index contributed by atoms with van der Waals surface area (Å²) in [6, 6.07) is 17.4. The SMILES string of the molecule is Cc1ccc(-n2nc(C)cc2NC(=O)CSc2nnc([C@H]3COc4ccccc4O3)n2C)cc1. The minimum absolute atomic E-state index is 0.158. The Morgan fingerprint density at radius 1 is 1.12 bits per heavy atom. The molecule has 9 nitrogen and oxygen atoms in total. The molecule has 4 aromatic rings. The standard InChI is InChI=1S/C24H24N6O3S/c1-15-8-10-17(11-9-15)30-21(12-16(2)28-30)25-22(31)14-34-24-27-26-23(29(24)3)20-13-32-18-6-4-5-7-19(18)33-20/h4-12,20H,13-14H2,1-3H3,(H,25,31)/t20-/m1/s1. The fraction of sp³-hybridized carbons (Fsp3) is 0.250. The number of anilines is 1. The smallest absolute Gasteiger partial charge is 0.236 e. The van der Waals surface area contributed by atoms with E-state index < -0.39 is 0 Å². The minimum Gasteiger partial charge on any atom is -0.485 e. The van der Waals surface area contributed by atoms with Crippen LogP contribution < -0.4 is 14.8 Å². The van der Waals surface area contributed by atoms with Gasteiger partial charge in [0.05, 0.1) is 17.1 Å². The van der Waals surface area contributed by atoms with Crippen LogP contribution in [0.3, 0.4) is 0 Å². The number of rotatable bonds is 6. The number of fused-ring (bicyclic) bond motifs is 1. The van der Waals surface area contributed by atoms with Crippen LogP contribution in [0.2, 0.25) is 0 Å². The van der Waals surface area contributed by atoms with Crippen LogP contribution in [0.1, 0.15) is 23.2 Å². The normalized spacial score (nSPS) is 14.7. The van der Waals surface area contributed by atoms with Gasteiger partial charge in [0, 0.05) is 13.1 Å². The lowest BCUT2D eigenvalue weighted by Gasteiger charge is -2.25. The number of aryl methyl sites for hydroxylation is 2. The average Bonchev–Trinajstić information content (AvgIpc) is 3.39. The number of nitrogens with zero attached hydrogens (tertiary/aromatic N) is 5. The molecule has 0 fully saturated rings. The highest BCUT2D eigenvalue weighted by Crippen LogP contribution is 2.35. The van der Waals surface area contributed by atoms with Crippen LogP contribution in [0, 0.1) is 13.8 Å². The zero-order valence-corrected chi connectivity index (χ0v) is 19.9. The maximum Gasteiger partial charge on any atom is 0.236 e. The van der Waals surface area contributed by atoms with Crippen LogP contribution in [0.5, 0.6) is 11.5 Å². The molecular weight excluding hydrogens is 452 g/mol.